The monoisotopic (exact) mass is 222 g/mol. The van der Waals surface area contributed by atoms with Gasteiger partial charge >= 0.3 is 5.97 Å². The molecule has 0 aliphatic carbocycles. The zero-order valence-corrected chi connectivity index (χ0v) is 9.53. The first-order valence-corrected chi connectivity index (χ1v) is 5.15. The van der Waals surface area contributed by atoms with Crippen LogP contribution in [-0.2, 0) is 4.79 Å². The summed E-state index contributed by atoms with van der Waals surface area (Å²) in [7, 11) is 0. The highest BCUT2D eigenvalue weighted by molar-refractivity contribution is 5.77. The van der Waals surface area contributed by atoms with Crippen molar-refractivity contribution in [1.29, 1.82) is 0 Å². The van der Waals surface area contributed by atoms with Crippen molar-refractivity contribution in [3.05, 3.63) is 22.8 Å². The number of fused-ring (bicyclic) bond motifs is 1. The average molecular weight is 222 g/mol. The van der Waals surface area contributed by atoms with E-state index in [9.17, 15) is 4.79 Å². The molecule has 86 valence electrons. The second-order valence-corrected chi connectivity index (χ2v) is 4.01. The Bertz CT molecular complexity index is 451. The van der Waals surface area contributed by atoms with Gasteiger partial charge in [-0.2, -0.15) is 0 Å². The topological polar surface area (TPSA) is 55.8 Å². The molecule has 16 heavy (non-hydrogen) atoms. The first-order valence-electron chi connectivity index (χ1n) is 5.15. The summed E-state index contributed by atoms with van der Waals surface area (Å²) in [5, 5.41) is 9.03. The number of carboxylic acid groups (broad SMARTS) is 1. The highest BCUT2D eigenvalue weighted by Crippen LogP contribution is 2.40. The van der Waals surface area contributed by atoms with Gasteiger partial charge in [0.1, 0.15) is 0 Å². The maximum absolute atomic E-state index is 11.0. The van der Waals surface area contributed by atoms with Gasteiger partial charge in [-0.25, -0.2) is 0 Å². The Morgan fingerprint density at radius 1 is 1.38 bits per heavy atom. The lowest BCUT2D eigenvalue weighted by Crippen LogP contribution is -2.09. The summed E-state index contributed by atoms with van der Waals surface area (Å²) in [4.78, 5) is 11.0. The molecule has 0 amide bonds. The van der Waals surface area contributed by atoms with Gasteiger partial charge in [-0.3, -0.25) is 4.79 Å². The fourth-order valence-electron chi connectivity index (χ4n) is 1.91. The Labute approximate surface area is 93.8 Å². The van der Waals surface area contributed by atoms with Crippen molar-refractivity contribution in [2.45, 2.75) is 26.7 Å². The molecule has 1 aromatic rings. The maximum atomic E-state index is 11.0. The number of hydrogen-bond acceptors (Lipinski definition) is 3. The minimum Gasteiger partial charge on any atom is -0.481 e. The highest BCUT2D eigenvalue weighted by atomic mass is 16.7. The molecule has 1 aliphatic rings. The molecule has 0 bridgehead atoms. The van der Waals surface area contributed by atoms with E-state index in [4.69, 9.17) is 14.6 Å². The minimum atomic E-state index is -0.832. The molecule has 1 aliphatic heterocycles. The van der Waals surface area contributed by atoms with Crippen LogP contribution in [0.5, 0.6) is 11.5 Å². The van der Waals surface area contributed by atoms with E-state index in [1.54, 1.807) is 13.0 Å². The first kappa shape index (κ1) is 10.8. The quantitative estimate of drug-likeness (QED) is 0.833. The van der Waals surface area contributed by atoms with Crippen LogP contribution in [0.3, 0.4) is 0 Å². The van der Waals surface area contributed by atoms with E-state index in [-0.39, 0.29) is 6.79 Å². The molecule has 4 heteroatoms. The molecule has 1 unspecified atom stereocenters. The van der Waals surface area contributed by atoms with Crippen LogP contribution >= 0.6 is 0 Å². The molecule has 0 saturated heterocycles. The van der Waals surface area contributed by atoms with Crippen molar-refractivity contribution >= 4 is 5.97 Å². The number of aliphatic carboxylic acids is 1. The fraction of sp³-hybridized carbons (Fsp3) is 0.417. The van der Waals surface area contributed by atoms with Gasteiger partial charge in [0.2, 0.25) is 6.79 Å². The van der Waals surface area contributed by atoms with E-state index >= 15 is 0 Å². The van der Waals surface area contributed by atoms with Gasteiger partial charge in [-0.05, 0) is 43.5 Å². The molecule has 1 heterocycles. The Balaban J connectivity index is 2.56. The van der Waals surface area contributed by atoms with Crippen LogP contribution in [0, 0.1) is 13.8 Å². The van der Waals surface area contributed by atoms with Crippen LogP contribution < -0.4 is 9.47 Å². The van der Waals surface area contributed by atoms with E-state index in [1.165, 1.54) is 0 Å². The summed E-state index contributed by atoms with van der Waals surface area (Å²) in [6.07, 6.45) is 0. The Hall–Kier alpha value is -1.71. The van der Waals surface area contributed by atoms with E-state index < -0.39 is 11.9 Å². The first-order chi connectivity index (χ1) is 7.52. The van der Waals surface area contributed by atoms with Crippen LogP contribution in [-0.4, -0.2) is 17.9 Å². The van der Waals surface area contributed by atoms with Crippen molar-refractivity contribution in [2.24, 2.45) is 0 Å². The number of carbonyl (C=O) groups is 1. The van der Waals surface area contributed by atoms with Crippen molar-refractivity contribution < 1.29 is 19.4 Å². The Kier molecular flexibility index (Phi) is 2.50. The third-order valence-electron chi connectivity index (χ3n) is 3.10. The van der Waals surface area contributed by atoms with E-state index in [1.807, 2.05) is 13.8 Å². The van der Waals surface area contributed by atoms with Gasteiger partial charge in [-0.1, -0.05) is 0 Å². The fourth-order valence-corrected chi connectivity index (χ4v) is 1.91. The molecular weight excluding hydrogens is 208 g/mol. The van der Waals surface area contributed by atoms with Gasteiger partial charge in [-0.15, -0.1) is 0 Å². The summed E-state index contributed by atoms with van der Waals surface area (Å²) >= 11 is 0. The minimum absolute atomic E-state index is 0.209. The molecule has 0 aromatic heterocycles. The molecule has 1 atom stereocenters. The van der Waals surface area contributed by atoms with E-state index in [0.717, 1.165) is 22.4 Å². The molecule has 0 spiro atoms. The normalized spacial score (nSPS) is 14.9. The standard InChI is InChI=1S/C12H14O4/c1-6-7(2)11-10(15-5-16-11)4-9(6)8(3)12(13)14/h4,8H,5H2,1-3H3,(H,13,14). The maximum Gasteiger partial charge on any atom is 0.310 e. The molecule has 2 rings (SSSR count). The van der Waals surface area contributed by atoms with Crippen LogP contribution in [0.1, 0.15) is 29.5 Å². The van der Waals surface area contributed by atoms with Gasteiger partial charge in [0.15, 0.2) is 11.5 Å². The lowest BCUT2D eigenvalue weighted by atomic mass is 9.92. The van der Waals surface area contributed by atoms with Crippen molar-refractivity contribution in [2.75, 3.05) is 6.79 Å². The van der Waals surface area contributed by atoms with Crippen molar-refractivity contribution in [3.8, 4) is 11.5 Å². The van der Waals surface area contributed by atoms with Gasteiger partial charge in [0.25, 0.3) is 0 Å². The SMILES string of the molecule is Cc1c(C(C)C(=O)O)cc2c(c1C)OCO2. The van der Waals surface area contributed by atoms with Gasteiger partial charge < -0.3 is 14.6 Å². The molecule has 0 fully saturated rings. The third kappa shape index (κ3) is 1.50. The number of ether oxygens (including phenoxy) is 2. The average Bonchev–Trinajstić information content (AvgIpc) is 2.70. The van der Waals surface area contributed by atoms with E-state index in [0.29, 0.717) is 5.75 Å². The number of benzene rings is 1. The predicted octanol–water partition coefficient (Wildman–Crippen LogP) is 2.22. The number of hydrogen-bond donors (Lipinski definition) is 1. The number of rotatable bonds is 2. The second kappa shape index (κ2) is 3.70. The zero-order valence-electron chi connectivity index (χ0n) is 9.53. The van der Waals surface area contributed by atoms with Crippen molar-refractivity contribution in [1.82, 2.24) is 0 Å². The second-order valence-electron chi connectivity index (χ2n) is 4.01. The Morgan fingerprint density at radius 3 is 2.69 bits per heavy atom. The van der Waals surface area contributed by atoms with E-state index in [2.05, 4.69) is 0 Å². The molecule has 4 nitrogen and oxygen atoms in total. The summed E-state index contributed by atoms with van der Waals surface area (Å²) in [5.74, 6) is 0.0135. The van der Waals surface area contributed by atoms with Gasteiger partial charge in [0, 0.05) is 0 Å². The van der Waals surface area contributed by atoms with Crippen LogP contribution in [0.2, 0.25) is 0 Å². The lowest BCUT2D eigenvalue weighted by Gasteiger charge is -2.14. The Morgan fingerprint density at radius 2 is 2.06 bits per heavy atom. The van der Waals surface area contributed by atoms with Crippen LogP contribution in [0.25, 0.3) is 0 Å². The lowest BCUT2D eigenvalue weighted by molar-refractivity contribution is -0.138. The molecule has 1 N–H and O–H groups in total. The summed E-state index contributed by atoms with van der Waals surface area (Å²) in [6, 6.07) is 1.77. The van der Waals surface area contributed by atoms with Crippen LogP contribution in [0.15, 0.2) is 6.07 Å². The largest absolute Gasteiger partial charge is 0.481 e. The third-order valence-corrected chi connectivity index (χ3v) is 3.10. The van der Waals surface area contributed by atoms with Crippen LogP contribution in [0.4, 0.5) is 0 Å². The van der Waals surface area contributed by atoms with Crippen molar-refractivity contribution in [3.63, 3.8) is 0 Å². The zero-order chi connectivity index (χ0) is 11.9. The van der Waals surface area contributed by atoms with Gasteiger partial charge in [0.05, 0.1) is 5.92 Å². The summed E-state index contributed by atoms with van der Waals surface area (Å²) in [6.45, 7) is 5.71. The summed E-state index contributed by atoms with van der Waals surface area (Å²) < 4.78 is 10.6. The highest BCUT2D eigenvalue weighted by Gasteiger charge is 2.24. The molecule has 0 saturated carbocycles. The smallest absolute Gasteiger partial charge is 0.310 e. The predicted molar refractivity (Wildman–Crippen MR) is 58.1 cm³/mol. The molecule has 0 radical (unpaired) electrons. The molecule has 1 aromatic carbocycles. The number of carboxylic acids is 1. The summed E-state index contributed by atoms with van der Waals surface area (Å²) in [5.41, 5.74) is 2.70. The molecular formula is C12H14O4.